The van der Waals surface area contributed by atoms with Gasteiger partial charge in [-0.25, -0.2) is 9.97 Å². The maximum Gasteiger partial charge on any atom is 0.219 e. The summed E-state index contributed by atoms with van der Waals surface area (Å²) in [6.45, 7) is 2.01. The molecular formula is C31H26N4O. The number of nitrogens with zero attached hydrogens (tertiary/aromatic N) is 4. The zero-order chi connectivity index (χ0) is 24.6. The molecule has 3 aromatic carbocycles. The van der Waals surface area contributed by atoms with Crippen molar-refractivity contribution < 1.29 is 4.74 Å². The summed E-state index contributed by atoms with van der Waals surface area (Å²) in [5, 5.41) is 2.41. The third kappa shape index (κ3) is 3.95. The summed E-state index contributed by atoms with van der Waals surface area (Å²) in [6, 6.07) is 31.3. The van der Waals surface area contributed by atoms with Gasteiger partial charge in [0, 0.05) is 37.1 Å². The van der Waals surface area contributed by atoms with Crippen LogP contribution in [0.5, 0.6) is 11.6 Å². The molecule has 0 fully saturated rings. The average Bonchev–Trinajstić information content (AvgIpc) is 3.24. The minimum Gasteiger partial charge on any atom is -0.439 e. The van der Waals surface area contributed by atoms with Crippen LogP contribution in [0, 0.1) is 6.92 Å². The standard InChI is InChI=1S/C31H26N4O/c1-21-11-16-31(33-19-21)36-25-8-6-7-22(17-25)23-12-14-27-26-9-4-5-10-28(26)35(29(27)18-23)30-15-13-24(20-32-30)34(2)3/h4-20H,1-3H3. The summed E-state index contributed by atoms with van der Waals surface area (Å²) in [7, 11) is 4.05. The molecule has 0 saturated carbocycles. The summed E-state index contributed by atoms with van der Waals surface area (Å²) >= 11 is 0. The zero-order valence-corrected chi connectivity index (χ0v) is 20.5. The van der Waals surface area contributed by atoms with Crippen molar-refractivity contribution in [3.63, 3.8) is 0 Å². The van der Waals surface area contributed by atoms with Crippen molar-refractivity contribution in [3.05, 3.63) is 109 Å². The lowest BCUT2D eigenvalue weighted by molar-refractivity contribution is 0.463. The molecule has 0 aliphatic carbocycles. The summed E-state index contributed by atoms with van der Waals surface area (Å²) in [5.41, 5.74) is 6.61. The Labute approximate surface area is 210 Å². The van der Waals surface area contributed by atoms with Crippen LogP contribution in [0.15, 0.2) is 103 Å². The van der Waals surface area contributed by atoms with E-state index in [2.05, 4.69) is 81.2 Å². The first kappa shape index (κ1) is 21.9. The Morgan fingerprint density at radius 1 is 0.694 bits per heavy atom. The SMILES string of the molecule is Cc1ccc(Oc2cccc(-c3ccc4c5ccccc5n(-c5ccc(N(C)C)cn5)c4c3)c2)nc1. The minimum atomic E-state index is 0.584. The molecule has 6 aromatic rings. The van der Waals surface area contributed by atoms with Crippen LogP contribution >= 0.6 is 0 Å². The topological polar surface area (TPSA) is 43.2 Å². The molecule has 0 aliphatic rings. The van der Waals surface area contributed by atoms with Gasteiger partial charge in [0.1, 0.15) is 11.6 Å². The Balaban J connectivity index is 1.46. The van der Waals surface area contributed by atoms with E-state index < -0.39 is 0 Å². The molecular weight excluding hydrogens is 444 g/mol. The average molecular weight is 471 g/mol. The first-order valence-electron chi connectivity index (χ1n) is 11.9. The molecule has 6 rings (SSSR count). The second kappa shape index (κ2) is 8.86. The third-order valence-corrected chi connectivity index (χ3v) is 6.43. The lowest BCUT2D eigenvalue weighted by Gasteiger charge is -2.13. The van der Waals surface area contributed by atoms with Gasteiger partial charge >= 0.3 is 0 Å². The molecule has 3 aromatic heterocycles. The molecule has 0 N–H and O–H groups in total. The van der Waals surface area contributed by atoms with E-state index >= 15 is 0 Å². The van der Waals surface area contributed by atoms with E-state index in [0.717, 1.165) is 45.0 Å². The van der Waals surface area contributed by atoms with E-state index in [4.69, 9.17) is 9.72 Å². The van der Waals surface area contributed by atoms with E-state index in [-0.39, 0.29) is 0 Å². The molecule has 36 heavy (non-hydrogen) atoms. The van der Waals surface area contributed by atoms with Gasteiger partial charge < -0.3 is 9.64 Å². The highest BCUT2D eigenvalue weighted by molar-refractivity contribution is 6.10. The van der Waals surface area contributed by atoms with Crippen LogP contribution in [0.25, 0.3) is 38.8 Å². The monoisotopic (exact) mass is 470 g/mol. The molecule has 0 bridgehead atoms. The van der Waals surface area contributed by atoms with Crippen LogP contribution in [0.4, 0.5) is 5.69 Å². The molecule has 176 valence electrons. The van der Waals surface area contributed by atoms with Crippen LogP contribution in [-0.2, 0) is 0 Å². The van der Waals surface area contributed by atoms with Crippen LogP contribution in [0.1, 0.15) is 5.56 Å². The van der Waals surface area contributed by atoms with E-state index in [1.807, 2.05) is 57.7 Å². The molecule has 0 atom stereocenters. The molecule has 0 unspecified atom stereocenters. The lowest BCUT2D eigenvalue weighted by atomic mass is 10.0. The fourth-order valence-electron chi connectivity index (χ4n) is 4.55. The summed E-state index contributed by atoms with van der Waals surface area (Å²) < 4.78 is 8.26. The predicted molar refractivity (Wildman–Crippen MR) is 147 cm³/mol. The second-order valence-corrected chi connectivity index (χ2v) is 9.16. The van der Waals surface area contributed by atoms with Crippen LogP contribution in [-0.4, -0.2) is 28.6 Å². The highest BCUT2D eigenvalue weighted by Crippen LogP contribution is 2.35. The van der Waals surface area contributed by atoms with Gasteiger partial charge in [-0.2, -0.15) is 0 Å². The fraction of sp³-hybridized carbons (Fsp3) is 0.0968. The maximum atomic E-state index is 6.02. The third-order valence-electron chi connectivity index (χ3n) is 6.43. The zero-order valence-electron chi connectivity index (χ0n) is 20.5. The highest BCUT2D eigenvalue weighted by atomic mass is 16.5. The number of aromatic nitrogens is 3. The van der Waals surface area contributed by atoms with Gasteiger partial charge in [0.25, 0.3) is 0 Å². The fourth-order valence-corrected chi connectivity index (χ4v) is 4.55. The Morgan fingerprint density at radius 3 is 2.31 bits per heavy atom. The highest BCUT2D eigenvalue weighted by Gasteiger charge is 2.14. The number of benzene rings is 3. The number of hydrogen-bond acceptors (Lipinski definition) is 4. The van der Waals surface area contributed by atoms with Crippen molar-refractivity contribution in [1.82, 2.24) is 14.5 Å². The Hall–Kier alpha value is -4.64. The van der Waals surface area contributed by atoms with Crippen LogP contribution < -0.4 is 9.64 Å². The van der Waals surface area contributed by atoms with Crippen molar-refractivity contribution in [2.45, 2.75) is 6.92 Å². The first-order chi connectivity index (χ1) is 17.6. The quantitative estimate of drug-likeness (QED) is 0.263. The number of anilines is 1. The largest absolute Gasteiger partial charge is 0.439 e. The smallest absolute Gasteiger partial charge is 0.219 e. The van der Waals surface area contributed by atoms with Crippen LogP contribution in [0.2, 0.25) is 0 Å². The number of pyridine rings is 2. The number of fused-ring (bicyclic) bond motifs is 3. The molecule has 0 spiro atoms. The summed E-state index contributed by atoms with van der Waals surface area (Å²) in [6.07, 6.45) is 3.73. The normalized spacial score (nSPS) is 11.2. The van der Waals surface area contributed by atoms with Crippen molar-refractivity contribution in [2.75, 3.05) is 19.0 Å². The Morgan fingerprint density at radius 2 is 1.53 bits per heavy atom. The molecule has 5 nitrogen and oxygen atoms in total. The van der Waals surface area contributed by atoms with Crippen molar-refractivity contribution in [2.24, 2.45) is 0 Å². The molecule has 5 heteroatoms. The molecule has 0 aliphatic heterocycles. The number of hydrogen-bond donors (Lipinski definition) is 0. The van der Waals surface area contributed by atoms with Gasteiger partial charge in [-0.3, -0.25) is 4.57 Å². The van der Waals surface area contributed by atoms with Gasteiger partial charge in [-0.15, -0.1) is 0 Å². The van der Waals surface area contributed by atoms with Crippen molar-refractivity contribution >= 4 is 27.5 Å². The van der Waals surface area contributed by atoms with Crippen molar-refractivity contribution in [1.29, 1.82) is 0 Å². The van der Waals surface area contributed by atoms with Crippen LogP contribution in [0.3, 0.4) is 0 Å². The van der Waals surface area contributed by atoms with E-state index in [1.165, 1.54) is 10.8 Å². The number of aryl methyl sites for hydroxylation is 1. The van der Waals surface area contributed by atoms with Gasteiger partial charge in [0.15, 0.2) is 0 Å². The van der Waals surface area contributed by atoms with E-state index in [0.29, 0.717) is 5.88 Å². The van der Waals surface area contributed by atoms with Gasteiger partial charge in [-0.1, -0.05) is 48.5 Å². The number of ether oxygens (including phenoxy) is 1. The summed E-state index contributed by atoms with van der Waals surface area (Å²) in [5.74, 6) is 2.23. The molecule has 0 amide bonds. The lowest BCUT2D eigenvalue weighted by Crippen LogP contribution is -2.09. The van der Waals surface area contributed by atoms with E-state index in [9.17, 15) is 0 Å². The number of para-hydroxylation sites is 1. The summed E-state index contributed by atoms with van der Waals surface area (Å²) in [4.78, 5) is 11.2. The maximum absolute atomic E-state index is 6.02. The predicted octanol–water partition coefficient (Wildman–Crippen LogP) is 7.41. The van der Waals surface area contributed by atoms with Gasteiger partial charge in [0.05, 0.1) is 22.9 Å². The second-order valence-electron chi connectivity index (χ2n) is 9.16. The molecule has 3 heterocycles. The van der Waals surface area contributed by atoms with Crippen molar-refractivity contribution in [3.8, 4) is 28.6 Å². The number of rotatable bonds is 5. The van der Waals surface area contributed by atoms with Gasteiger partial charge in [-0.05, 0) is 60.0 Å². The molecule has 0 radical (unpaired) electrons. The Bertz CT molecular complexity index is 1680. The van der Waals surface area contributed by atoms with E-state index in [1.54, 1.807) is 0 Å². The van der Waals surface area contributed by atoms with Gasteiger partial charge in [0.2, 0.25) is 5.88 Å². The first-order valence-corrected chi connectivity index (χ1v) is 11.9. The molecule has 0 saturated heterocycles. The Kier molecular flexibility index (Phi) is 5.38. The minimum absolute atomic E-state index is 0.584.